The molecule has 0 spiro atoms. The van der Waals surface area contributed by atoms with Crippen LogP contribution in [0.1, 0.15) is 22.9 Å². The van der Waals surface area contributed by atoms with Crippen LogP contribution in [0.3, 0.4) is 0 Å². The number of aromatic nitrogens is 3. The number of halogens is 1. The molecule has 2 heterocycles. The highest BCUT2D eigenvalue weighted by Crippen LogP contribution is 2.32. The second-order valence-electron chi connectivity index (χ2n) is 5.31. The zero-order valence-electron chi connectivity index (χ0n) is 12.4. The lowest BCUT2D eigenvalue weighted by Gasteiger charge is -2.16. The molecule has 0 aliphatic rings. The molecule has 0 amide bonds. The number of furan rings is 1. The zero-order chi connectivity index (χ0) is 16.5. The largest absolute Gasteiger partial charge is 0.458 e. The van der Waals surface area contributed by atoms with Crippen LogP contribution < -0.4 is 0 Å². The summed E-state index contributed by atoms with van der Waals surface area (Å²) in [6.45, 7) is 0. The van der Waals surface area contributed by atoms with E-state index in [1.807, 2.05) is 36.4 Å². The molecule has 5 nitrogen and oxygen atoms in total. The minimum absolute atomic E-state index is 0.262. The Bertz CT molecular complexity index is 1010. The van der Waals surface area contributed by atoms with Crippen molar-refractivity contribution in [3.05, 3.63) is 83.9 Å². The Kier molecular flexibility index (Phi) is 3.32. The van der Waals surface area contributed by atoms with Gasteiger partial charge in [0.1, 0.15) is 35.9 Å². The van der Waals surface area contributed by atoms with E-state index in [1.165, 1.54) is 23.4 Å². The van der Waals surface area contributed by atoms with E-state index in [4.69, 9.17) is 9.68 Å². The van der Waals surface area contributed by atoms with E-state index in [2.05, 4.69) is 10.1 Å². The molecule has 0 saturated heterocycles. The van der Waals surface area contributed by atoms with Gasteiger partial charge in [-0.05, 0) is 24.3 Å². The van der Waals surface area contributed by atoms with Gasteiger partial charge in [0, 0.05) is 10.9 Å². The fourth-order valence-corrected chi connectivity index (χ4v) is 2.73. The minimum Gasteiger partial charge on any atom is -0.458 e. The number of fused-ring (bicyclic) bond motifs is 1. The standard InChI is InChI=1S/C18H11FN4O/c19-15-7-12(9-20)5-6-14(15)18(23-11-21-10-22-23)17-8-13-3-1-2-4-16(13)24-17/h1-8,10-11,18H. The van der Waals surface area contributed by atoms with Gasteiger partial charge in [-0.15, -0.1) is 0 Å². The first-order valence-corrected chi connectivity index (χ1v) is 7.28. The van der Waals surface area contributed by atoms with Crippen LogP contribution >= 0.6 is 0 Å². The Morgan fingerprint density at radius 3 is 2.75 bits per heavy atom. The lowest BCUT2D eigenvalue weighted by atomic mass is 10.0. The van der Waals surface area contributed by atoms with Gasteiger partial charge in [0.2, 0.25) is 0 Å². The summed E-state index contributed by atoms with van der Waals surface area (Å²) in [6.07, 6.45) is 2.90. The fourth-order valence-electron chi connectivity index (χ4n) is 2.73. The summed E-state index contributed by atoms with van der Waals surface area (Å²) in [5.74, 6) is 0.0558. The first kappa shape index (κ1) is 14.2. The second-order valence-corrected chi connectivity index (χ2v) is 5.31. The molecule has 2 aromatic heterocycles. The van der Waals surface area contributed by atoms with E-state index >= 15 is 0 Å². The first-order valence-electron chi connectivity index (χ1n) is 7.28. The zero-order valence-corrected chi connectivity index (χ0v) is 12.4. The molecular weight excluding hydrogens is 307 g/mol. The van der Waals surface area contributed by atoms with Gasteiger partial charge in [0.05, 0.1) is 11.6 Å². The van der Waals surface area contributed by atoms with Gasteiger partial charge in [-0.1, -0.05) is 24.3 Å². The van der Waals surface area contributed by atoms with Crippen molar-refractivity contribution in [2.75, 3.05) is 0 Å². The van der Waals surface area contributed by atoms with Crippen LogP contribution in [0.4, 0.5) is 4.39 Å². The lowest BCUT2D eigenvalue weighted by molar-refractivity contribution is 0.449. The molecule has 116 valence electrons. The molecule has 2 aromatic carbocycles. The Balaban J connectivity index is 1.91. The highest BCUT2D eigenvalue weighted by Gasteiger charge is 2.24. The van der Waals surface area contributed by atoms with Gasteiger partial charge in [0.25, 0.3) is 0 Å². The topological polar surface area (TPSA) is 67.6 Å². The van der Waals surface area contributed by atoms with E-state index in [0.29, 0.717) is 16.9 Å². The molecule has 4 aromatic rings. The molecule has 0 N–H and O–H groups in total. The maximum absolute atomic E-state index is 14.6. The average Bonchev–Trinajstić information content (AvgIpc) is 3.26. The molecular formula is C18H11FN4O. The summed E-state index contributed by atoms with van der Waals surface area (Å²) >= 11 is 0. The van der Waals surface area contributed by atoms with Gasteiger partial charge in [-0.3, -0.25) is 0 Å². The van der Waals surface area contributed by atoms with Crippen molar-refractivity contribution >= 4 is 11.0 Å². The van der Waals surface area contributed by atoms with Crippen LogP contribution in [0.5, 0.6) is 0 Å². The number of benzene rings is 2. The molecule has 1 unspecified atom stereocenters. The van der Waals surface area contributed by atoms with Crippen molar-refractivity contribution in [1.82, 2.24) is 14.8 Å². The van der Waals surface area contributed by atoms with Crippen LogP contribution in [-0.4, -0.2) is 14.8 Å². The van der Waals surface area contributed by atoms with Crippen molar-refractivity contribution in [3.63, 3.8) is 0 Å². The highest BCUT2D eigenvalue weighted by atomic mass is 19.1. The number of nitriles is 1. The van der Waals surface area contributed by atoms with Crippen LogP contribution in [0.2, 0.25) is 0 Å². The van der Waals surface area contributed by atoms with E-state index in [0.717, 1.165) is 5.39 Å². The quantitative estimate of drug-likeness (QED) is 0.578. The second kappa shape index (κ2) is 5.63. The van der Waals surface area contributed by atoms with Crippen molar-refractivity contribution in [2.24, 2.45) is 0 Å². The van der Waals surface area contributed by atoms with Gasteiger partial charge in [-0.25, -0.2) is 14.1 Å². The molecule has 0 radical (unpaired) electrons. The Morgan fingerprint density at radius 1 is 1.17 bits per heavy atom. The summed E-state index contributed by atoms with van der Waals surface area (Å²) in [6, 6.07) is 15.1. The number of nitrogens with zero attached hydrogens (tertiary/aromatic N) is 4. The summed E-state index contributed by atoms with van der Waals surface area (Å²) in [5.41, 5.74) is 1.34. The fraction of sp³-hybridized carbons (Fsp3) is 0.0556. The Labute approximate surface area is 136 Å². The lowest BCUT2D eigenvalue weighted by Crippen LogP contribution is -2.14. The normalized spacial score (nSPS) is 12.2. The maximum Gasteiger partial charge on any atom is 0.139 e. The summed E-state index contributed by atoms with van der Waals surface area (Å²) in [7, 11) is 0. The summed E-state index contributed by atoms with van der Waals surface area (Å²) in [4.78, 5) is 3.95. The monoisotopic (exact) mass is 318 g/mol. The molecule has 0 bridgehead atoms. The van der Waals surface area contributed by atoms with E-state index in [-0.39, 0.29) is 5.56 Å². The Morgan fingerprint density at radius 2 is 2.04 bits per heavy atom. The molecule has 1 atom stereocenters. The molecule has 0 saturated carbocycles. The van der Waals surface area contributed by atoms with Gasteiger partial charge in [-0.2, -0.15) is 10.4 Å². The molecule has 0 aliphatic heterocycles. The third kappa shape index (κ3) is 2.32. The smallest absolute Gasteiger partial charge is 0.139 e. The molecule has 24 heavy (non-hydrogen) atoms. The number of hydrogen-bond acceptors (Lipinski definition) is 4. The Hall–Kier alpha value is -3.46. The third-order valence-electron chi connectivity index (χ3n) is 3.84. The first-order chi connectivity index (χ1) is 11.8. The van der Waals surface area contributed by atoms with Crippen LogP contribution in [-0.2, 0) is 0 Å². The SMILES string of the molecule is N#Cc1ccc(C(c2cc3ccccc3o2)n2cncn2)c(F)c1. The van der Waals surface area contributed by atoms with Crippen LogP contribution in [0, 0.1) is 17.1 Å². The average molecular weight is 318 g/mol. The predicted octanol–water partition coefficient (Wildman–Crippen LogP) is 3.67. The van der Waals surface area contributed by atoms with Gasteiger partial charge < -0.3 is 4.42 Å². The number of rotatable bonds is 3. The molecule has 0 fully saturated rings. The number of hydrogen-bond donors (Lipinski definition) is 0. The van der Waals surface area contributed by atoms with Crippen LogP contribution in [0.15, 0.2) is 65.6 Å². The molecule has 0 aliphatic carbocycles. The van der Waals surface area contributed by atoms with Crippen molar-refractivity contribution < 1.29 is 8.81 Å². The predicted molar refractivity (Wildman–Crippen MR) is 84.6 cm³/mol. The van der Waals surface area contributed by atoms with E-state index < -0.39 is 11.9 Å². The maximum atomic E-state index is 14.6. The van der Waals surface area contributed by atoms with Crippen molar-refractivity contribution in [2.45, 2.75) is 6.04 Å². The number of para-hydroxylation sites is 1. The summed E-state index contributed by atoms with van der Waals surface area (Å²) in [5, 5.41) is 14.0. The van der Waals surface area contributed by atoms with Gasteiger partial charge in [0.15, 0.2) is 0 Å². The van der Waals surface area contributed by atoms with Crippen molar-refractivity contribution in [3.8, 4) is 6.07 Å². The summed E-state index contributed by atoms with van der Waals surface area (Å²) < 4.78 is 22.0. The van der Waals surface area contributed by atoms with E-state index in [9.17, 15) is 4.39 Å². The van der Waals surface area contributed by atoms with Gasteiger partial charge >= 0.3 is 0 Å². The minimum atomic E-state index is -0.604. The third-order valence-corrected chi connectivity index (χ3v) is 3.84. The molecule has 4 rings (SSSR count). The highest BCUT2D eigenvalue weighted by molar-refractivity contribution is 5.78. The van der Waals surface area contributed by atoms with Crippen LogP contribution in [0.25, 0.3) is 11.0 Å². The van der Waals surface area contributed by atoms with E-state index in [1.54, 1.807) is 12.1 Å². The molecule has 6 heteroatoms. The van der Waals surface area contributed by atoms with Crippen molar-refractivity contribution in [1.29, 1.82) is 5.26 Å².